The lowest BCUT2D eigenvalue weighted by Gasteiger charge is -2.31. The maximum atomic E-state index is 13.0. The molecule has 1 amide bonds. The maximum absolute atomic E-state index is 13.0. The van der Waals surface area contributed by atoms with Gasteiger partial charge < -0.3 is 34.0 Å². The predicted molar refractivity (Wildman–Crippen MR) is 294 cm³/mol. The first-order valence-electron chi connectivity index (χ1n) is 28.7. The number of aliphatic hydroxyl groups excluding tert-OH is 2. The summed E-state index contributed by atoms with van der Waals surface area (Å²) in [6.07, 6.45) is 63.0. The van der Waals surface area contributed by atoms with E-state index in [4.69, 9.17) is 9.05 Å². The number of phosphoric ester groups is 1. The van der Waals surface area contributed by atoms with Crippen LogP contribution in [-0.4, -0.2) is 79.8 Å². The number of hydrogen-bond donors (Lipinski definition) is 3. The Morgan fingerprint density at radius 2 is 0.913 bits per heavy atom. The van der Waals surface area contributed by atoms with E-state index in [1.165, 1.54) is 154 Å². The monoisotopic (exact) mass is 991 g/mol. The first kappa shape index (κ1) is 67.2. The standard InChI is InChI=1S/C59H111N2O7P/c1-6-8-10-12-14-16-18-20-21-22-23-24-25-26-27-28-29-30-31-32-33-34-35-36-37-38-39-40-42-44-46-48-50-52-58(63)60-56(55-68-69(65,66)67-54-53-61(3,4)5)59(64)57(62)51-49-47-45-43-41-19-17-15-13-11-9-7-2/h8,10,14,16,20-21,23-24,43,45,56-57,59,62,64H,6-7,9,11-13,15,17-19,22,25-42,44,46-55H2,1-5H3,(H-,60,63,65,66)/b10-8-,16-14-,21-20-,24-23-,45-43+. The quantitative estimate of drug-likeness (QED) is 0.0240. The van der Waals surface area contributed by atoms with Gasteiger partial charge in [-0.05, 0) is 77.0 Å². The second-order valence-corrected chi connectivity index (χ2v) is 22.2. The van der Waals surface area contributed by atoms with Gasteiger partial charge in [-0.15, -0.1) is 0 Å². The number of hydrogen-bond acceptors (Lipinski definition) is 7. The Balaban J connectivity index is 4.08. The zero-order chi connectivity index (χ0) is 50.8. The first-order valence-corrected chi connectivity index (χ1v) is 30.2. The van der Waals surface area contributed by atoms with Crippen molar-refractivity contribution in [1.29, 1.82) is 0 Å². The second kappa shape index (κ2) is 49.7. The fraction of sp³-hybridized carbons (Fsp3) is 0.814. The molecule has 0 aromatic rings. The fourth-order valence-corrected chi connectivity index (χ4v) is 9.03. The van der Waals surface area contributed by atoms with Gasteiger partial charge in [0.05, 0.1) is 39.9 Å². The number of phosphoric acid groups is 1. The minimum atomic E-state index is -4.68. The summed E-state index contributed by atoms with van der Waals surface area (Å²) < 4.78 is 23.2. The van der Waals surface area contributed by atoms with Crippen molar-refractivity contribution in [2.24, 2.45) is 0 Å². The molecule has 0 aliphatic carbocycles. The molecular formula is C59H111N2O7P. The van der Waals surface area contributed by atoms with Crippen LogP contribution in [0.3, 0.4) is 0 Å². The number of nitrogens with one attached hydrogen (secondary N) is 1. The van der Waals surface area contributed by atoms with Gasteiger partial charge in [0, 0.05) is 6.42 Å². The van der Waals surface area contributed by atoms with Gasteiger partial charge in [0.25, 0.3) is 7.82 Å². The average molecular weight is 992 g/mol. The normalized spacial score (nSPS) is 14.8. The van der Waals surface area contributed by atoms with Crippen LogP contribution in [0.15, 0.2) is 60.8 Å². The van der Waals surface area contributed by atoms with E-state index in [2.05, 4.69) is 79.9 Å². The summed E-state index contributed by atoms with van der Waals surface area (Å²) in [6, 6.07) is -1.09. The van der Waals surface area contributed by atoms with Crippen LogP contribution >= 0.6 is 7.82 Å². The van der Waals surface area contributed by atoms with Crippen LogP contribution in [-0.2, 0) is 18.4 Å². The van der Waals surface area contributed by atoms with Crippen molar-refractivity contribution >= 4 is 13.7 Å². The molecule has 0 bridgehead atoms. The van der Waals surface area contributed by atoms with Crippen LogP contribution in [0.4, 0.5) is 0 Å². The lowest BCUT2D eigenvalue weighted by molar-refractivity contribution is -0.870. The number of nitrogens with zero attached hydrogens (tertiary/aromatic N) is 1. The Kier molecular flexibility index (Phi) is 48.4. The summed E-state index contributed by atoms with van der Waals surface area (Å²) in [6.45, 7) is 4.31. The summed E-state index contributed by atoms with van der Waals surface area (Å²) in [7, 11) is 1.11. The van der Waals surface area contributed by atoms with E-state index in [0.29, 0.717) is 30.3 Å². The number of amides is 1. The van der Waals surface area contributed by atoms with Crippen molar-refractivity contribution in [2.45, 2.75) is 270 Å². The third-order valence-electron chi connectivity index (χ3n) is 12.8. The molecule has 0 rings (SSSR count). The van der Waals surface area contributed by atoms with E-state index in [-0.39, 0.29) is 18.9 Å². The molecule has 69 heavy (non-hydrogen) atoms. The fourth-order valence-electron chi connectivity index (χ4n) is 8.31. The lowest BCUT2D eigenvalue weighted by Crippen LogP contribution is -2.51. The van der Waals surface area contributed by atoms with Crippen LogP contribution in [0.2, 0.25) is 0 Å². The molecule has 9 nitrogen and oxygen atoms in total. The van der Waals surface area contributed by atoms with Gasteiger partial charge in [-0.25, -0.2) is 0 Å². The summed E-state index contributed by atoms with van der Waals surface area (Å²) in [4.78, 5) is 25.5. The molecule has 0 spiro atoms. The van der Waals surface area contributed by atoms with Crippen LogP contribution < -0.4 is 10.2 Å². The average Bonchev–Trinajstić information content (AvgIpc) is 3.31. The highest BCUT2D eigenvalue weighted by atomic mass is 31.2. The molecule has 0 heterocycles. The highest BCUT2D eigenvalue weighted by molar-refractivity contribution is 7.45. The zero-order valence-corrected chi connectivity index (χ0v) is 46.5. The molecule has 3 N–H and O–H groups in total. The molecule has 0 radical (unpaired) electrons. The van der Waals surface area contributed by atoms with E-state index in [9.17, 15) is 24.5 Å². The maximum Gasteiger partial charge on any atom is 0.268 e. The van der Waals surface area contributed by atoms with Crippen molar-refractivity contribution < 1.29 is 38.0 Å². The molecule has 0 fully saturated rings. The summed E-state index contributed by atoms with van der Waals surface area (Å²) in [5.74, 6) is -0.287. The summed E-state index contributed by atoms with van der Waals surface area (Å²) >= 11 is 0. The highest BCUT2D eigenvalue weighted by Crippen LogP contribution is 2.38. The van der Waals surface area contributed by atoms with Gasteiger partial charge in [-0.1, -0.05) is 229 Å². The molecule has 0 aromatic heterocycles. The molecule has 4 atom stereocenters. The smallest absolute Gasteiger partial charge is 0.268 e. The SMILES string of the molecule is CC/C=C\C/C=C\C/C=C\C/C=C\CCCCCCCCCCCCCCCCCCCCCCC(=O)NC(COP(=O)([O-])OCC[N+](C)(C)C)C(O)C(O)CCC/C=C/CCCCCCCCC. The van der Waals surface area contributed by atoms with Crippen molar-refractivity contribution in [1.82, 2.24) is 5.32 Å². The van der Waals surface area contributed by atoms with Crippen molar-refractivity contribution in [3.8, 4) is 0 Å². The van der Waals surface area contributed by atoms with Gasteiger partial charge in [0.1, 0.15) is 19.3 Å². The minimum absolute atomic E-state index is 0.0461. The Labute approximate surface area is 426 Å². The number of unbranched alkanes of at least 4 members (excludes halogenated alkanes) is 28. The summed E-state index contributed by atoms with van der Waals surface area (Å²) in [5, 5.41) is 24.7. The van der Waals surface area contributed by atoms with Crippen LogP contribution in [0.1, 0.15) is 251 Å². The molecule has 0 aliphatic rings. The molecule has 0 aliphatic heterocycles. The second-order valence-electron chi connectivity index (χ2n) is 20.7. The third kappa shape index (κ3) is 50.9. The molecule has 4 unspecified atom stereocenters. The molecule has 10 heteroatoms. The number of aliphatic hydroxyl groups is 2. The van der Waals surface area contributed by atoms with Crippen molar-refractivity contribution in [2.75, 3.05) is 40.9 Å². The van der Waals surface area contributed by atoms with E-state index >= 15 is 0 Å². The van der Waals surface area contributed by atoms with Crippen molar-refractivity contribution in [3.63, 3.8) is 0 Å². The first-order chi connectivity index (χ1) is 33.4. The Bertz CT molecular complexity index is 1330. The van der Waals surface area contributed by atoms with Crippen LogP contribution in [0.5, 0.6) is 0 Å². The van der Waals surface area contributed by atoms with Crippen molar-refractivity contribution in [3.05, 3.63) is 60.8 Å². The Hall–Kier alpha value is -1.84. The predicted octanol–water partition coefficient (Wildman–Crippen LogP) is 15.7. The van der Waals surface area contributed by atoms with Gasteiger partial charge in [-0.2, -0.15) is 0 Å². The van der Waals surface area contributed by atoms with Gasteiger partial charge in [0.15, 0.2) is 0 Å². The number of carbonyl (C=O) groups excluding carboxylic acids is 1. The lowest BCUT2D eigenvalue weighted by atomic mass is 10.0. The number of quaternary nitrogens is 1. The van der Waals surface area contributed by atoms with E-state index in [1.54, 1.807) is 0 Å². The number of likely N-dealkylation sites (N-methyl/N-ethyl adjacent to an activating group) is 1. The molecular weight excluding hydrogens is 880 g/mol. The van der Waals surface area contributed by atoms with E-state index < -0.39 is 32.7 Å². The third-order valence-corrected chi connectivity index (χ3v) is 13.8. The number of allylic oxidation sites excluding steroid dienone is 10. The highest BCUT2D eigenvalue weighted by Gasteiger charge is 2.29. The zero-order valence-electron chi connectivity index (χ0n) is 45.6. The molecule has 0 saturated carbocycles. The molecule has 0 saturated heterocycles. The topological polar surface area (TPSA) is 128 Å². The molecule has 0 aromatic carbocycles. The van der Waals surface area contributed by atoms with Crippen LogP contribution in [0, 0.1) is 0 Å². The number of carbonyl (C=O) groups is 1. The Morgan fingerprint density at radius 3 is 1.35 bits per heavy atom. The molecule has 404 valence electrons. The van der Waals surface area contributed by atoms with E-state index in [1.807, 2.05) is 21.1 Å². The largest absolute Gasteiger partial charge is 0.756 e. The summed E-state index contributed by atoms with van der Waals surface area (Å²) in [5.41, 5.74) is 0. The Morgan fingerprint density at radius 1 is 0.536 bits per heavy atom. The minimum Gasteiger partial charge on any atom is -0.756 e. The van der Waals surface area contributed by atoms with Gasteiger partial charge >= 0.3 is 0 Å². The number of rotatable bonds is 52. The van der Waals surface area contributed by atoms with Crippen LogP contribution in [0.25, 0.3) is 0 Å². The van der Waals surface area contributed by atoms with Gasteiger partial charge in [-0.3, -0.25) is 9.36 Å². The van der Waals surface area contributed by atoms with E-state index in [0.717, 1.165) is 57.8 Å². The van der Waals surface area contributed by atoms with Gasteiger partial charge in [0.2, 0.25) is 5.91 Å².